The molecule has 2 heterocycles. The number of nitrogens with one attached hydrogen (secondary N) is 1. The van der Waals surface area contributed by atoms with Gasteiger partial charge in [0.15, 0.2) is 4.34 Å². The largest absolute Gasteiger partial charge is 0.379 e. The molecule has 2 fully saturated rings. The topological polar surface area (TPSA) is 63.7 Å². The van der Waals surface area contributed by atoms with Gasteiger partial charge in [0.05, 0.1) is 13.2 Å². The number of amides is 1. The zero-order valence-electron chi connectivity index (χ0n) is 13.5. The first kappa shape index (κ1) is 17.2. The van der Waals surface area contributed by atoms with Crippen LogP contribution in [0.15, 0.2) is 9.72 Å². The summed E-state index contributed by atoms with van der Waals surface area (Å²) in [6, 6.07) is 0.306. The van der Waals surface area contributed by atoms with Crippen molar-refractivity contribution in [2.24, 2.45) is 0 Å². The molecule has 1 saturated carbocycles. The molecule has 1 amide bonds. The minimum absolute atomic E-state index is 0.0492. The molecule has 1 aliphatic heterocycles. The van der Waals surface area contributed by atoms with Gasteiger partial charge in [-0.15, -0.1) is 11.3 Å². The van der Waals surface area contributed by atoms with Crippen LogP contribution in [0.4, 0.5) is 0 Å². The van der Waals surface area contributed by atoms with Crippen molar-refractivity contribution in [2.75, 3.05) is 40.0 Å². The zero-order valence-corrected chi connectivity index (χ0v) is 15.2. The maximum atomic E-state index is 12.9. The zero-order chi connectivity index (χ0) is 16.3. The Kier molecular flexibility index (Phi) is 5.58. The van der Waals surface area contributed by atoms with Crippen LogP contribution in [-0.2, 0) is 14.3 Å². The predicted octanol–water partition coefficient (Wildman–Crippen LogP) is 1.50. The standard InChI is InChI=1S/C15H23N3O3S2/c1-11-9-22-14(16-11)23-15(20-2,13(19)17-12-3-4-12)10-18-5-7-21-8-6-18/h9,12H,3-8,10H2,1-2H3,(H,17,19). The fourth-order valence-corrected chi connectivity index (χ4v) is 4.66. The van der Waals surface area contributed by atoms with E-state index in [0.717, 1.165) is 36.0 Å². The number of methoxy groups -OCH3 is 1. The van der Waals surface area contributed by atoms with Crippen molar-refractivity contribution in [3.8, 4) is 0 Å². The highest BCUT2D eigenvalue weighted by molar-refractivity contribution is 8.02. The Labute approximate surface area is 144 Å². The van der Waals surface area contributed by atoms with Crippen LogP contribution in [0.25, 0.3) is 0 Å². The van der Waals surface area contributed by atoms with E-state index in [9.17, 15) is 4.79 Å². The summed E-state index contributed by atoms with van der Waals surface area (Å²) < 4.78 is 12.0. The molecule has 0 aromatic carbocycles. The lowest BCUT2D eigenvalue weighted by Gasteiger charge is -2.36. The Morgan fingerprint density at radius 2 is 2.30 bits per heavy atom. The van der Waals surface area contributed by atoms with Gasteiger partial charge in [0, 0.05) is 43.9 Å². The van der Waals surface area contributed by atoms with Crippen LogP contribution in [0.5, 0.6) is 0 Å². The monoisotopic (exact) mass is 357 g/mol. The van der Waals surface area contributed by atoms with E-state index in [2.05, 4.69) is 15.2 Å². The molecule has 1 unspecified atom stereocenters. The minimum atomic E-state index is -0.968. The first-order valence-electron chi connectivity index (χ1n) is 7.89. The van der Waals surface area contributed by atoms with E-state index in [1.807, 2.05) is 12.3 Å². The van der Waals surface area contributed by atoms with Gasteiger partial charge in [-0.3, -0.25) is 9.69 Å². The van der Waals surface area contributed by atoms with Crippen molar-refractivity contribution in [3.63, 3.8) is 0 Å². The molecule has 1 atom stereocenters. The lowest BCUT2D eigenvalue weighted by molar-refractivity contribution is -0.136. The molecule has 23 heavy (non-hydrogen) atoms. The molecule has 1 aromatic rings. The van der Waals surface area contributed by atoms with Crippen molar-refractivity contribution in [2.45, 2.75) is 35.1 Å². The van der Waals surface area contributed by atoms with Crippen LogP contribution < -0.4 is 5.32 Å². The van der Waals surface area contributed by atoms with Crippen LogP contribution >= 0.6 is 23.1 Å². The third kappa shape index (κ3) is 4.45. The number of hydrogen-bond acceptors (Lipinski definition) is 7. The smallest absolute Gasteiger partial charge is 0.264 e. The number of nitrogens with zero attached hydrogens (tertiary/aromatic N) is 2. The molecule has 0 radical (unpaired) electrons. The number of thiazole rings is 1. The lowest BCUT2D eigenvalue weighted by atomic mass is 10.2. The van der Waals surface area contributed by atoms with E-state index in [1.165, 1.54) is 11.8 Å². The van der Waals surface area contributed by atoms with Gasteiger partial charge >= 0.3 is 0 Å². The molecule has 8 heteroatoms. The van der Waals surface area contributed by atoms with E-state index in [4.69, 9.17) is 9.47 Å². The first-order valence-corrected chi connectivity index (χ1v) is 9.58. The van der Waals surface area contributed by atoms with Gasteiger partial charge in [0.1, 0.15) is 0 Å². The normalized spacial score (nSPS) is 21.8. The van der Waals surface area contributed by atoms with E-state index in [1.54, 1.807) is 18.4 Å². The summed E-state index contributed by atoms with van der Waals surface area (Å²) >= 11 is 2.97. The molecule has 0 bridgehead atoms. The number of thioether (sulfide) groups is 1. The maximum Gasteiger partial charge on any atom is 0.264 e. The maximum absolute atomic E-state index is 12.9. The molecule has 1 N–H and O–H groups in total. The summed E-state index contributed by atoms with van der Waals surface area (Å²) in [5.74, 6) is -0.0492. The molecular formula is C15H23N3O3S2. The lowest BCUT2D eigenvalue weighted by Crippen LogP contribution is -2.55. The summed E-state index contributed by atoms with van der Waals surface area (Å²) in [4.78, 5) is 18.6. The minimum Gasteiger partial charge on any atom is -0.379 e. The van der Waals surface area contributed by atoms with Gasteiger partial charge in [-0.05, 0) is 31.5 Å². The molecule has 1 aromatic heterocycles. The average Bonchev–Trinajstić information content (AvgIpc) is 3.28. The highest BCUT2D eigenvalue weighted by Crippen LogP contribution is 2.37. The first-order chi connectivity index (χ1) is 11.1. The SMILES string of the molecule is COC(CN1CCOCC1)(Sc1nc(C)cs1)C(=O)NC1CC1. The number of carbonyl (C=O) groups excluding carboxylic acids is 1. The number of carbonyl (C=O) groups is 1. The highest BCUT2D eigenvalue weighted by Gasteiger charge is 2.44. The summed E-state index contributed by atoms with van der Waals surface area (Å²) in [5, 5.41) is 5.09. The number of ether oxygens (including phenoxy) is 2. The number of rotatable bonds is 7. The van der Waals surface area contributed by atoms with Crippen molar-refractivity contribution < 1.29 is 14.3 Å². The second-order valence-electron chi connectivity index (χ2n) is 5.95. The fraction of sp³-hybridized carbons (Fsp3) is 0.733. The van der Waals surface area contributed by atoms with Crippen LogP contribution in [0.2, 0.25) is 0 Å². The Hall–Kier alpha value is -0.670. The Balaban J connectivity index is 1.77. The number of aromatic nitrogens is 1. The molecule has 6 nitrogen and oxygen atoms in total. The van der Waals surface area contributed by atoms with Crippen LogP contribution in [0.3, 0.4) is 0 Å². The third-order valence-electron chi connectivity index (χ3n) is 3.97. The van der Waals surface area contributed by atoms with Gasteiger partial charge in [-0.2, -0.15) is 0 Å². The summed E-state index contributed by atoms with van der Waals surface area (Å²) in [7, 11) is 1.61. The highest BCUT2D eigenvalue weighted by atomic mass is 32.2. The van der Waals surface area contributed by atoms with Gasteiger partial charge in [-0.25, -0.2) is 4.98 Å². The van der Waals surface area contributed by atoms with Crippen LogP contribution in [0.1, 0.15) is 18.5 Å². The second kappa shape index (κ2) is 7.48. The van der Waals surface area contributed by atoms with Crippen LogP contribution in [-0.4, -0.2) is 66.7 Å². The molecule has 3 rings (SSSR count). The quantitative estimate of drug-likeness (QED) is 0.589. The number of hydrogen-bond donors (Lipinski definition) is 1. The Morgan fingerprint density at radius 3 is 2.87 bits per heavy atom. The summed E-state index contributed by atoms with van der Waals surface area (Å²) in [6.07, 6.45) is 2.12. The third-order valence-corrected chi connectivity index (χ3v) is 6.34. The van der Waals surface area contributed by atoms with Crippen molar-refractivity contribution in [3.05, 3.63) is 11.1 Å². The summed E-state index contributed by atoms with van der Waals surface area (Å²) in [6.45, 7) is 5.53. The number of morpholine rings is 1. The molecule has 0 spiro atoms. The predicted molar refractivity (Wildman–Crippen MR) is 90.9 cm³/mol. The van der Waals surface area contributed by atoms with Gasteiger partial charge < -0.3 is 14.8 Å². The van der Waals surface area contributed by atoms with Gasteiger partial charge in [-0.1, -0.05) is 0 Å². The molecule has 1 saturated heterocycles. The van der Waals surface area contributed by atoms with Gasteiger partial charge in [0.25, 0.3) is 5.91 Å². The van der Waals surface area contributed by atoms with Crippen molar-refractivity contribution in [1.29, 1.82) is 0 Å². The number of aryl methyl sites for hydroxylation is 1. The van der Waals surface area contributed by atoms with Crippen LogP contribution in [0, 0.1) is 6.92 Å². The van der Waals surface area contributed by atoms with E-state index < -0.39 is 4.93 Å². The van der Waals surface area contributed by atoms with E-state index in [-0.39, 0.29) is 5.91 Å². The fourth-order valence-electron chi connectivity index (χ4n) is 2.45. The van der Waals surface area contributed by atoms with E-state index >= 15 is 0 Å². The Bertz CT molecular complexity index is 544. The Morgan fingerprint density at radius 1 is 1.57 bits per heavy atom. The van der Waals surface area contributed by atoms with Gasteiger partial charge in [0.2, 0.25) is 4.93 Å². The summed E-state index contributed by atoms with van der Waals surface area (Å²) in [5.41, 5.74) is 0.969. The van der Waals surface area contributed by atoms with Crippen molar-refractivity contribution >= 4 is 29.0 Å². The molecule has 128 valence electrons. The average molecular weight is 358 g/mol. The molecule has 2 aliphatic rings. The molecule has 1 aliphatic carbocycles. The second-order valence-corrected chi connectivity index (χ2v) is 8.32. The van der Waals surface area contributed by atoms with Crippen molar-refractivity contribution in [1.82, 2.24) is 15.2 Å². The molecular weight excluding hydrogens is 334 g/mol. The van der Waals surface area contributed by atoms with E-state index in [0.29, 0.717) is 25.8 Å².